The summed E-state index contributed by atoms with van der Waals surface area (Å²) >= 11 is 3.27. The Hall–Kier alpha value is -0.540. The Morgan fingerprint density at radius 1 is 1.75 bits per heavy atom. The van der Waals surface area contributed by atoms with Crippen LogP contribution < -0.4 is 0 Å². The van der Waals surface area contributed by atoms with Crippen LogP contribution in [0.3, 0.4) is 0 Å². The Kier molecular flexibility index (Phi) is 3.56. The molecule has 1 aromatic rings. The topological polar surface area (TPSA) is 12.9 Å². The third kappa shape index (κ3) is 2.50. The van der Waals surface area contributed by atoms with Gasteiger partial charge in [-0.3, -0.25) is 0 Å². The van der Waals surface area contributed by atoms with E-state index in [4.69, 9.17) is 0 Å². The molecule has 1 rings (SSSR count). The molecule has 0 atom stereocenters. The van der Waals surface area contributed by atoms with Crippen LogP contribution in [-0.4, -0.2) is 4.98 Å². The van der Waals surface area contributed by atoms with E-state index in [0.717, 1.165) is 15.6 Å². The molecule has 0 saturated heterocycles. The number of aromatic nitrogens is 1. The van der Waals surface area contributed by atoms with Crippen LogP contribution in [0.15, 0.2) is 23.4 Å². The lowest BCUT2D eigenvalue weighted by Gasteiger charge is -1.94. The number of thioether (sulfide) groups is 1. The lowest BCUT2D eigenvalue weighted by molar-refractivity contribution is 1.27. The minimum Gasteiger partial charge on any atom is -0.241 e. The van der Waals surface area contributed by atoms with E-state index in [0.29, 0.717) is 0 Å². The molecule has 0 bridgehead atoms. The quantitative estimate of drug-likeness (QED) is 0.733. The number of hydrogen-bond donors (Lipinski definition) is 0. The van der Waals surface area contributed by atoms with Crippen LogP contribution >= 0.6 is 23.1 Å². The molecule has 1 aromatic heterocycles. The average molecular weight is 197 g/mol. The van der Waals surface area contributed by atoms with E-state index in [9.17, 15) is 0 Å². The van der Waals surface area contributed by atoms with Crippen LogP contribution in [0.5, 0.6) is 0 Å². The molecular formula is C9H11NS2. The van der Waals surface area contributed by atoms with E-state index in [1.54, 1.807) is 23.1 Å². The van der Waals surface area contributed by atoms with Gasteiger partial charge in [-0.2, -0.15) is 0 Å². The first-order chi connectivity index (χ1) is 5.74. The van der Waals surface area contributed by atoms with Crippen LogP contribution in [0.4, 0.5) is 0 Å². The van der Waals surface area contributed by atoms with Gasteiger partial charge in [0.05, 0.1) is 10.7 Å². The average Bonchev–Trinajstić information content (AvgIpc) is 2.47. The summed E-state index contributed by atoms with van der Waals surface area (Å²) in [5.41, 5.74) is 1.00. The lowest BCUT2D eigenvalue weighted by atomic mass is 10.5. The van der Waals surface area contributed by atoms with Crippen molar-refractivity contribution >= 4 is 28.0 Å². The van der Waals surface area contributed by atoms with Crippen LogP contribution in [0.1, 0.15) is 17.6 Å². The van der Waals surface area contributed by atoms with Gasteiger partial charge in [0.15, 0.2) is 0 Å². The number of nitrogens with zero attached hydrogens (tertiary/aromatic N) is 1. The van der Waals surface area contributed by atoms with E-state index in [-0.39, 0.29) is 0 Å². The van der Waals surface area contributed by atoms with Crippen LogP contribution in [0.2, 0.25) is 0 Å². The normalized spacial score (nSPS) is 10.8. The molecule has 0 aliphatic heterocycles. The first-order valence-corrected chi connectivity index (χ1v) is 5.39. The van der Waals surface area contributed by atoms with Crippen LogP contribution in [-0.2, 0) is 0 Å². The molecule has 12 heavy (non-hydrogen) atoms. The van der Waals surface area contributed by atoms with Crippen molar-refractivity contribution < 1.29 is 0 Å². The molecule has 3 heteroatoms. The molecule has 0 aliphatic rings. The highest BCUT2D eigenvalue weighted by Gasteiger charge is 2.00. The van der Waals surface area contributed by atoms with Gasteiger partial charge in [-0.1, -0.05) is 24.4 Å². The van der Waals surface area contributed by atoms with E-state index in [1.807, 2.05) is 30.7 Å². The number of hydrogen-bond acceptors (Lipinski definition) is 3. The fourth-order valence-corrected chi connectivity index (χ4v) is 1.93. The maximum absolute atomic E-state index is 4.33. The van der Waals surface area contributed by atoms with Gasteiger partial charge in [-0.05, 0) is 19.3 Å². The maximum atomic E-state index is 4.33. The smallest absolute Gasteiger partial charge is 0.0901 e. The number of aryl methyl sites for hydroxylation is 1. The van der Waals surface area contributed by atoms with Crippen LogP contribution in [0.25, 0.3) is 4.91 Å². The Bertz CT molecular complexity index is 299. The maximum Gasteiger partial charge on any atom is 0.0901 e. The highest BCUT2D eigenvalue weighted by molar-refractivity contribution is 8.10. The van der Waals surface area contributed by atoms with E-state index in [2.05, 4.69) is 11.6 Å². The number of allylic oxidation sites excluding steroid dienone is 1. The summed E-state index contributed by atoms with van der Waals surface area (Å²) in [5, 5.41) is 5.14. The molecule has 1 nitrogen and oxygen atoms in total. The molecule has 0 aromatic carbocycles. The van der Waals surface area contributed by atoms with Crippen molar-refractivity contribution in [3.05, 3.63) is 34.1 Å². The van der Waals surface area contributed by atoms with E-state index >= 15 is 0 Å². The SMILES string of the molecule is C=C(S/C=C\C)c1csc(C)n1. The Labute approximate surface area is 81.2 Å². The van der Waals surface area contributed by atoms with Gasteiger partial charge in [-0.15, -0.1) is 11.3 Å². The van der Waals surface area contributed by atoms with Crippen molar-refractivity contribution in [2.45, 2.75) is 13.8 Å². The second-order valence-electron chi connectivity index (χ2n) is 2.26. The fraction of sp³-hybridized carbons (Fsp3) is 0.222. The van der Waals surface area contributed by atoms with E-state index < -0.39 is 0 Å². The predicted molar refractivity (Wildman–Crippen MR) is 58.3 cm³/mol. The zero-order chi connectivity index (χ0) is 8.97. The second kappa shape index (κ2) is 4.48. The Balaban J connectivity index is 2.65. The summed E-state index contributed by atoms with van der Waals surface area (Å²) < 4.78 is 0. The summed E-state index contributed by atoms with van der Waals surface area (Å²) in [5.74, 6) is 0. The summed E-state index contributed by atoms with van der Waals surface area (Å²) in [7, 11) is 0. The zero-order valence-corrected chi connectivity index (χ0v) is 8.84. The lowest BCUT2D eigenvalue weighted by Crippen LogP contribution is -1.76. The van der Waals surface area contributed by atoms with Crippen molar-refractivity contribution in [3.8, 4) is 0 Å². The molecule has 64 valence electrons. The first-order valence-electron chi connectivity index (χ1n) is 3.63. The van der Waals surface area contributed by atoms with Crippen molar-refractivity contribution in [1.82, 2.24) is 4.98 Å². The predicted octanol–water partition coefficient (Wildman–Crippen LogP) is 3.69. The van der Waals surface area contributed by atoms with Gasteiger partial charge < -0.3 is 0 Å². The molecule has 0 unspecified atom stereocenters. The first kappa shape index (κ1) is 9.55. The molecule has 0 spiro atoms. The van der Waals surface area contributed by atoms with Gasteiger partial charge in [0.1, 0.15) is 0 Å². The molecule has 0 N–H and O–H groups in total. The van der Waals surface area contributed by atoms with Crippen LogP contribution in [0, 0.1) is 6.92 Å². The van der Waals surface area contributed by atoms with E-state index in [1.165, 1.54) is 0 Å². The summed E-state index contributed by atoms with van der Waals surface area (Å²) in [6.45, 7) is 7.93. The second-order valence-corrected chi connectivity index (χ2v) is 4.33. The minimum absolute atomic E-state index is 1.00. The highest BCUT2D eigenvalue weighted by Crippen LogP contribution is 2.26. The highest BCUT2D eigenvalue weighted by atomic mass is 32.2. The van der Waals surface area contributed by atoms with Crippen molar-refractivity contribution in [2.75, 3.05) is 0 Å². The molecule has 0 radical (unpaired) electrons. The minimum atomic E-state index is 1.00. The summed E-state index contributed by atoms with van der Waals surface area (Å²) in [6, 6.07) is 0. The van der Waals surface area contributed by atoms with Gasteiger partial charge in [0, 0.05) is 10.3 Å². The van der Waals surface area contributed by atoms with Crippen molar-refractivity contribution in [1.29, 1.82) is 0 Å². The summed E-state index contributed by atoms with van der Waals surface area (Å²) in [4.78, 5) is 5.34. The number of thiazole rings is 1. The monoisotopic (exact) mass is 197 g/mol. The van der Waals surface area contributed by atoms with Gasteiger partial charge in [-0.25, -0.2) is 4.98 Å². The fourth-order valence-electron chi connectivity index (χ4n) is 0.702. The molecule has 1 heterocycles. The summed E-state index contributed by atoms with van der Waals surface area (Å²) in [6.07, 6.45) is 2.00. The molecule has 0 saturated carbocycles. The van der Waals surface area contributed by atoms with Crippen molar-refractivity contribution in [2.24, 2.45) is 0 Å². The Morgan fingerprint density at radius 3 is 3.00 bits per heavy atom. The number of rotatable bonds is 3. The third-order valence-corrected chi connectivity index (χ3v) is 2.93. The largest absolute Gasteiger partial charge is 0.241 e. The molecule has 0 aliphatic carbocycles. The third-order valence-electron chi connectivity index (χ3n) is 1.25. The standard InChI is InChI=1S/C9H11NS2/c1-4-5-11-7(2)9-6-12-8(3)10-9/h4-6H,2H2,1,3H3/b5-4-. The molecular weight excluding hydrogens is 186 g/mol. The van der Waals surface area contributed by atoms with Gasteiger partial charge >= 0.3 is 0 Å². The molecule has 0 amide bonds. The van der Waals surface area contributed by atoms with Gasteiger partial charge in [0.25, 0.3) is 0 Å². The molecule has 0 fully saturated rings. The van der Waals surface area contributed by atoms with Crippen molar-refractivity contribution in [3.63, 3.8) is 0 Å². The Morgan fingerprint density at radius 2 is 2.50 bits per heavy atom. The zero-order valence-electron chi connectivity index (χ0n) is 7.20. The van der Waals surface area contributed by atoms with Gasteiger partial charge in [0.2, 0.25) is 0 Å².